The molecule has 1 atom stereocenters. The molecule has 0 aliphatic carbocycles. The van der Waals surface area contributed by atoms with Crippen LogP contribution in [0.2, 0.25) is 0 Å². The van der Waals surface area contributed by atoms with Crippen LogP contribution in [0.4, 0.5) is 5.82 Å². The molecule has 0 aliphatic heterocycles. The molecule has 0 spiro atoms. The van der Waals surface area contributed by atoms with Crippen molar-refractivity contribution in [3.05, 3.63) is 16.0 Å². The predicted molar refractivity (Wildman–Crippen MR) is 69.9 cm³/mol. The zero-order chi connectivity index (χ0) is 11.4. The average molecular weight is 290 g/mol. The highest BCUT2D eigenvalue weighted by molar-refractivity contribution is 9.10. The molecular formula is C10H16BrN3S. The Morgan fingerprint density at radius 2 is 2.13 bits per heavy atom. The van der Waals surface area contributed by atoms with Gasteiger partial charge in [-0.1, -0.05) is 13.8 Å². The lowest BCUT2D eigenvalue weighted by Crippen LogP contribution is -2.03. The van der Waals surface area contributed by atoms with E-state index in [0.29, 0.717) is 11.1 Å². The van der Waals surface area contributed by atoms with Crippen LogP contribution in [0.3, 0.4) is 0 Å². The van der Waals surface area contributed by atoms with Gasteiger partial charge in [-0.15, -0.1) is 0 Å². The molecule has 0 fully saturated rings. The van der Waals surface area contributed by atoms with E-state index in [0.717, 1.165) is 28.2 Å². The number of hydrogen-bond donors (Lipinski definition) is 1. The monoisotopic (exact) mass is 289 g/mol. The minimum Gasteiger partial charge on any atom is -0.383 e. The molecule has 0 saturated heterocycles. The molecule has 5 heteroatoms. The number of nitrogen functional groups attached to an aromatic ring is 1. The molecule has 0 aromatic carbocycles. The standard InChI is InChI=1S/C10H16BrN3S/c1-4-6(2)15-5-8-13-7(3)9(11)10(12)14-8/h6H,4-5H2,1-3H3,(H2,12,13,14). The van der Waals surface area contributed by atoms with Gasteiger partial charge in [0.15, 0.2) is 0 Å². The van der Waals surface area contributed by atoms with E-state index >= 15 is 0 Å². The molecule has 1 heterocycles. The van der Waals surface area contributed by atoms with Crippen LogP contribution in [-0.2, 0) is 5.75 Å². The van der Waals surface area contributed by atoms with Crippen molar-refractivity contribution in [1.82, 2.24) is 9.97 Å². The van der Waals surface area contributed by atoms with E-state index in [4.69, 9.17) is 5.73 Å². The molecule has 0 amide bonds. The number of hydrogen-bond acceptors (Lipinski definition) is 4. The predicted octanol–water partition coefficient (Wildman–Crippen LogP) is 3.16. The van der Waals surface area contributed by atoms with Gasteiger partial charge in [0, 0.05) is 5.25 Å². The Labute approximate surface area is 103 Å². The van der Waals surface area contributed by atoms with Gasteiger partial charge in [-0.05, 0) is 29.3 Å². The molecule has 0 radical (unpaired) electrons. The summed E-state index contributed by atoms with van der Waals surface area (Å²) >= 11 is 5.21. The van der Waals surface area contributed by atoms with Crippen LogP contribution < -0.4 is 5.73 Å². The van der Waals surface area contributed by atoms with Crippen LogP contribution in [0.15, 0.2) is 4.47 Å². The number of halogens is 1. The van der Waals surface area contributed by atoms with Crippen molar-refractivity contribution in [2.45, 2.75) is 38.2 Å². The summed E-state index contributed by atoms with van der Waals surface area (Å²) < 4.78 is 0.805. The fraction of sp³-hybridized carbons (Fsp3) is 0.600. The topological polar surface area (TPSA) is 51.8 Å². The molecule has 3 nitrogen and oxygen atoms in total. The lowest BCUT2D eigenvalue weighted by Gasteiger charge is -2.08. The Hall–Kier alpha value is -0.290. The molecular weight excluding hydrogens is 274 g/mol. The number of anilines is 1. The molecule has 1 unspecified atom stereocenters. The number of aromatic nitrogens is 2. The van der Waals surface area contributed by atoms with Crippen LogP contribution in [0.5, 0.6) is 0 Å². The van der Waals surface area contributed by atoms with Gasteiger partial charge in [0.1, 0.15) is 11.6 Å². The number of rotatable bonds is 4. The Morgan fingerprint density at radius 3 is 2.67 bits per heavy atom. The zero-order valence-electron chi connectivity index (χ0n) is 9.25. The number of thioether (sulfide) groups is 1. The van der Waals surface area contributed by atoms with Gasteiger partial charge in [0.05, 0.1) is 15.9 Å². The molecule has 1 aromatic heterocycles. The first-order valence-electron chi connectivity index (χ1n) is 4.94. The van der Waals surface area contributed by atoms with Crippen molar-refractivity contribution in [3.8, 4) is 0 Å². The lowest BCUT2D eigenvalue weighted by molar-refractivity contribution is 0.899. The minimum absolute atomic E-state index is 0.530. The number of nitrogens with zero attached hydrogens (tertiary/aromatic N) is 2. The molecule has 15 heavy (non-hydrogen) atoms. The van der Waals surface area contributed by atoms with Crippen molar-refractivity contribution in [3.63, 3.8) is 0 Å². The highest BCUT2D eigenvalue weighted by Crippen LogP contribution is 2.23. The first-order chi connectivity index (χ1) is 7.04. The van der Waals surface area contributed by atoms with Gasteiger partial charge >= 0.3 is 0 Å². The molecule has 84 valence electrons. The van der Waals surface area contributed by atoms with E-state index in [2.05, 4.69) is 39.7 Å². The van der Waals surface area contributed by atoms with E-state index in [1.807, 2.05) is 18.7 Å². The van der Waals surface area contributed by atoms with Crippen LogP contribution in [-0.4, -0.2) is 15.2 Å². The van der Waals surface area contributed by atoms with Crippen molar-refractivity contribution in [2.75, 3.05) is 5.73 Å². The minimum atomic E-state index is 0.530. The normalized spacial score (nSPS) is 12.8. The maximum atomic E-state index is 5.75. The maximum Gasteiger partial charge on any atom is 0.141 e. The third-order valence-corrected chi connectivity index (χ3v) is 4.47. The van der Waals surface area contributed by atoms with Crippen molar-refractivity contribution in [1.29, 1.82) is 0 Å². The molecule has 2 N–H and O–H groups in total. The number of aryl methyl sites for hydroxylation is 1. The van der Waals surface area contributed by atoms with E-state index in [9.17, 15) is 0 Å². The smallest absolute Gasteiger partial charge is 0.141 e. The maximum absolute atomic E-state index is 5.75. The van der Waals surface area contributed by atoms with Crippen LogP contribution in [0, 0.1) is 6.92 Å². The molecule has 0 aliphatic rings. The summed E-state index contributed by atoms with van der Waals surface area (Å²) in [6, 6.07) is 0. The van der Waals surface area contributed by atoms with Crippen LogP contribution in [0.1, 0.15) is 31.8 Å². The Bertz CT molecular complexity index is 320. The summed E-state index contributed by atoms with van der Waals surface area (Å²) in [5.41, 5.74) is 6.66. The average Bonchev–Trinajstić information content (AvgIpc) is 2.22. The second kappa shape index (κ2) is 5.70. The summed E-state index contributed by atoms with van der Waals surface area (Å²) in [4.78, 5) is 8.62. The van der Waals surface area contributed by atoms with Gasteiger partial charge < -0.3 is 5.73 Å². The molecule has 0 saturated carbocycles. The van der Waals surface area contributed by atoms with Crippen LogP contribution in [0.25, 0.3) is 0 Å². The molecule has 0 bridgehead atoms. The van der Waals surface area contributed by atoms with Gasteiger partial charge in [-0.2, -0.15) is 11.8 Å². The first kappa shape index (κ1) is 12.8. The van der Waals surface area contributed by atoms with Gasteiger partial charge in [0.25, 0.3) is 0 Å². The SMILES string of the molecule is CCC(C)SCc1nc(C)c(Br)c(N)n1. The third kappa shape index (κ3) is 3.65. The van der Waals surface area contributed by atoms with Crippen molar-refractivity contribution in [2.24, 2.45) is 0 Å². The zero-order valence-corrected chi connectivity index (χ0v) is 11.7. The summed E-state index contributed by atoms with van der Waals surface area (Å²) in [6.45, 7) is 6.32. The first-order valence-corrected chi connectivity index (χ1v) is 6.78. The second-order valence-electron chi connectivity index (χ2n) is 3.45. The largest absolute Gasteiger partial charge is 0.383 e. The van der Waals surface area contributed by atoms with Crippen molar-refractivity contribution < 1.29 is 0 Å². The van der Waals surface area contributed by atoms with E-state index in [-0.39, 0.29) is 0 Å². The lowest BCUT2D eigenvalue weighted by atomic mass is 10.4. The Kier molecular flexibility index (Phi) is 4.86. The summed E-state index contributed by atoms with van der Waals surface area (Å²) in [6.07, 6.45) is 1.16. The highest BCUT2D eigenvalue weighted by Gasteiger charge is 2.07. The summed E-state index contributed by atoms with van der Waals surface area (Å²) in [7, 11) is 0. The third-order valence-electron chi connectivity index (χ3n) is 2.16. The Balaban J connectivity index is 2.70. The fourth-order valence-electron chi connectivity index (χ4n) is 1.04. The number of nitrogens with two attached hydrogens (primary N) is 1. The molecule has 1 rings (SSSR count). The quantitative estimate of drug-likeness (QED) is 0.925. The van der Waals surface area contributed by atoms with E-state index in [1.165, 1.54) is 0 Å². The van der Waals surface area contributed by atoms with E-state index in [1.54, 1.807) is 0 Å². The molecule has 1 aromatic rings. The van der Waals surface area contributed by atoms with Gasteiger partial charge in [0.2, 0.25) is 0 Å². The highest BCUT2D eigenvalue weighted by atomic mass is 79.9. The summed E-state index contributed by atoms with van der Waals surface area (Å²) in [5.74, 6) is 2.17. The van der Waals surface area contributed by atoms with Crippen molar-refractivity contribution >= 4 is 33.5 Å². The second-order valence-corrected chi connectivity index (χ2v) is 5.67. The summed E-state index contributed by atoms with van der Waals surface area (Å²) in [5, 5.41) is 0.638. The van der Waals surface area contributed by atoms with Gasteiger partial charge in [-0.3, -0.25) is 0 Å². The Morgan fingerprint density at radius 1 is 1.47 bits per heavy atom. The van der Waals surface area contributed by atoms with E-state index < -0.39 is 0 Å². The van der Waals surface area contributed by atoms with Gasteiger partial charge in [-0.25, -0.2) is 9.97 Å². The fourth-order valence-corrected chi connectivity index (χ4v) is 2.02. The van der Waals surface area contributed by atoms with Crippen LogP contribution >= 0.6 is 27.7 Å².